The number of non-ortho nitro benzene ring substituents is 1. The molecule has 0 aliphatic carbocycles. The van der Waals surface area contributed by atoms with Gasteiger partial charge in [-0.3, -0.25) is 19.7 Å². The van der Waals surface area contributed by atoms with Gasteiger partial charge in [0.25, 0.3) is 5.69 Å². The molecule has 114 valence electrons. The summed E-state index contributed by atoms with van der Waals surface area (Å²) in [5.74, 6) is -1.26. The van der Waals surface area contributed by atoms with Gasteiger partial charge in [-0.05, 0) is 31.2 Å². The molecule has 0 fully saturated rings. The molecular weight excluding hydrogens is 286 g/mol. The number of nitrogens with two attached hydrogens (primary N) is 1. The number of carbonyl (C=O) groups excluding carboxylic acids is 2. The summed E-state index contributed by atoms with van der Waals surface area (Å²) in [7, 11) is 1.67. The van der Waals surface area contributed by atoms with Gasteiger partial charge in [-0.2, -0.15) is 0 Å². The van der Waals surface area contributed by atoms with Gasteiger partial charge in [-0.1, -0.05) is 0 Å². The van der Waals surface area contributed by atoms with Crippen LogP contribution in [-0.2, 0) is 11.8 Å². The Morgan fingerprint density at radius 3 is 2.27 bits per heavy atom. The van der Waals surface area contributed by atoms with E-state index in [1.807, 2.05) is 0 Å². The van der Waals surface area contributed by atoms with E-state index in [1.54, 1.807) is 30.7 Å². The first-order chi connectivity index (χ1) is 10.3. The fourth-order valence-corrected chi connectivity index (χ4v) is 2.22. The minimum atomic E-state index is -0.524. The van der Waals surface area contributed by atoms with E-state index in [9.17, 15) is 19.7 Å². The van der Waals surface area contributed by atoms with Gasteiger partial charge in [0.15, 0.2) is 0 Å². The number of benzene rings is 1. The average molecular weight is 301 g/mol. The lowest BCUT2D eigenvalue weighted by Crippen LogP contribution is -2.21. The Morgan fingerprint density at radius 1 is 1.18 bits per heavy atom. The van der Waals surface area contributed by atoms with Crippen LogP contribution in [0.15, 0.2) is 36.4 Å². The maximum Gasteiger partial charge on any atom is 0.269 e. The van der Waals surface area contributed by atoms with Crippen molar-refractivity contribution in [3.8, 4) is 0 Å². The monoisotopic (exact) mass is 301 g/mol. The number of rotatable bonds is 5. The Hall–Kier alpha value is -2.96. The number of primary amides is 1. The highest BCUT2D eigenvalue weighted by atomic mass is 16.6. The van der Waals surface area contributed by atoms with Crippen LogP contribution in [0.3, 0.4) is 0 Å². The van der Waals surface area contributed by atoms with Gasteiger partial charge in [0.2, 0.25) is 11.7 Å². The minimum Gasteiger partial charge on any atom is -0.369 e. The third kappa shape index (κ3) is 2.73. The Balaban J connectivity index is 2.34. The molecule has 0 radical (unpaired) electrons. The summed E-state index contributed by atoms with van der Waals surface area (Å²) in [4.78, 5) is 33.8. The summed E-state index contributed by atoms with van der Waals surface area (Å²) in [5, 5.41) is 10.6. The fourth-order valence-electron chi connectivity index (χ4n) is 2.22. The van der Waals surface area contributed by atoms with Crippen molar-refractivity contribution in [2.24, 2.45) is 12.8 Å². The highest BCUT2D eigenvalue weighted by Gasteiger charge is 2.20. The zero-order valence-electron chi connectivity index (χ0n) is 12.1. The van der Waals surface area contributed by atoms with Crippen LogP contribution in [0, 0.1) is 10.1 Å². The van der Waals surface area contributed by atoms with Crippen molar-refractivity contribution >= 4 is 17.4 Å². The van der Waals surface area contributed by atoms with Crippen molar-refractivity contribution in [2.75, 3.05) is 0 Å². The zero-order chi connectivity index (χ0) is 16.4. The van der Waals surface area contributed by atoms with Crippen LogP contribution in [0.5, 0.6) is 0 Å². The van der Waals surface area contributed by atoms with Gasteiger partial charge in [-0.15, -0.1) is 0 Å². The van der Waals surface area contributed by atoms with Crippen molar-refractivity contribution in [1.29, 1.82) is 0 Å². The van der Waals surface area contributed by atoms with Gasteiger partial charge < -0.3 is 10.3 Å². The first-order valence-corrected chi connectivity index (χ1v) is 6.57. The van der Waals surface area contributed by atoms with E-state index in [4.69, 9.17) is 5.73 Å². The third-order valence-electron chi connectivity index (χ3n) is 3.60. The number of nitro groups is 1. The molecule has 0 spiro atoms. The molecule has 1 heterocycles. The number of ketones is 1. The van der Waals surface area contributed by atoms with Crippen LogP contribution in [0.25, 0.3) is 0 Å². The van der Waals surface area contributed by atoms with Gasteiger partial charge >= 0.3 is 0 Å². The maximum absolute atomic E-state index is 12.4. The second-order valence-electron chi connectivity index (χ2n) is 4.96. The van der Waals surface area contributed by atoms with Crippen LogP contribution >= 0.6 is 0 Å². The molecule has 1 aromatic carbocycles. The highest BCUT2D eigenvalue weighted by Crippen LogP contribution is 2.21. The highest BCUT2D eigenvalue weighted by molar-refractivity contribution is 6.08. The lowest BCUT2D eigenvalue weighted by atomic mass is 10.1. The van der Waals surface area contributed by atoms with E-state index in [1.165, 1.54) is 24.3 Å². The lowest BCUT2D eigenvalue weighted by molar-refractivity contribution is -0.384. The summed E-state index contributed by atoms with van der Waals surface area (Å²) in [5.41, 5.74) is 6.56. The molecule has 0 aliphatic heterocycles. The molecule has 2 aromatic rings. The Labute approximate surface area is 126 Å². The van der Waals surface area contributed by atoms with Crippen LogP contribution in [-0.4, -0.2) is 21.2 Å². The molecule has 1 amide bonds. The molecule has 7 heteroatoms. The van der Waals surface area contributed by atoms with Crippen molar-refractivity contribution in [3.05, 3.63) is 63.5 Å². The normalized spacial score (nSPS) is 11.9. The number of nitro benzene ring substituents is 1. The Bertz CT molecular complexity index is 747. The average Bonchev–Trinajstić information content (AvgIpc) is 2.87. The van der Waals surface area contributed by atoms with Crippen LogP contribution in [0.2, 0.25) is 0 Å². The second kappa shape index (κ2) is 5.80. The second-order valence-corrected chi connectivity index (χ2v) is 4.96. The van der Waals surface area contributed by atoms with E-state index in [0.29, 0.717) is 17.0 Å². The first-order valence-electron chi connectivity index (χ1n) is 6.57. The topological polar surface area (TPSA) is 108 Å². The molecule has 0 bridgehead atoms. The largest absolute Gasteiger partial charge is 0.369 e. The van der Waals surface area contributed by atoms with Gasteiger partial charge in [0.1, 0.15) is 0 Å². The summed E-state index contributed by atoms with van der Waals surface area (Å²) < 4.78 is 1.61. The fraction of sp³-hybridized carbons (Fsp3) is 0.200. The molecule has 7 nitrogen and oxygen atoms in total. The molecule has 1 aromatic heterocycles. The third-order valence-corrected chi connectivity index (χ3v) is 3.60. The molecule has 0 saturated heterocycles. The van der Waals surface area contributed by atoms with Crippen molar-refractivity contribution < 1.29 is 14.5 Å². The van der Waals surface area contributed by atoms with Crippen LogP contribution < -0.4 is 5.73 Å². The molecule has 0 aliphatic rings. The number of hydrogen-bond acceptors (Lipinski definition) is 4. The van der Waals surface area contributed by atoms with Crippen molar-refractivity contribution in [1.82, 2.24) is 4.57 Å². The predicted molar refractivity (Wildman–Crippen MR) is 79.6 cm³/mol. The number of hydrogen-bond donors (Lipinski definition) is 1. The number of nitrogens with zero attached hydrogens (tertiary/aromatic N) is 2. The standard InChI is InChI=1S/C15H15N3O4/c1-9(15(16)20)12-7-8-13(17(12)2)14(19)10-3-5-11(6-4-10)18(21)22/h3-9H,1-2H3,(H2,16,20). The summed E-state index contributed by atoms with van der Waals surface area (Å²) in [6, 6.07) is 8.66. The van der Waals surface area contributed by atoms with E-state index in [-0.39, 0.29) is 11.5 Å². The summed E-state index contributed by atoms with van der Waals surface area (Å²) >= 11 is 0. The van der Waals surface area contributed by atoms with Crippen LogP contribution in [0.4, 0.5) is 5.69 Å². The van der Waals surface area contributed by atoms with Crippen molar-refractivity contribution in [2.45, 2.75) is 12.8 Å². The molecule has 22 heavy (non-hydrogen) atoms. The van der Waals surface area contributed by atoms with E-state index >= 15 is 0 Å². The molecule has 2 N–H and O–H groups in total. The summed E-state index contributed by atoms with van der Waals surface area (Å²) in [6.45, 7) is 1.66. The number of carbonyl (C=O) groups is 2. The molecular formula is C15H15N3O4. The van der Waals surface area contributed by atoms with E-state index in [2.05, 4.69) is 0 Å². The lowest BCUT2D eigenvalue weighted by Gasteiger charge is -2.11. The SMILES string of the molecule is CC(C(N)=O)c1ccc(C(=O)c2ccc([N+](=O)[O-])cc2)n1C. The molecule has 2 rings (SSSR count). The first kappa shape index (κ1) is 15.4. The van der Waals surface area contributed by atoms with Gasteiger partial charge in [-0.25, -0.2) is 0 Å². The van der Waals surface area contributed by atoms with Gasteiger partial charge in [0, 0.05) is 30.4 Å². The van der Waals surface area contributed by atoms with Crippen molar-refractivity contribution in [3.63, 3.8) is 0 Å². The van der Waals surface area contributed by atoms with Crippen LogP contribution in [0.1, 0.15) is 34.6 Å². The Kier molecular flexibility index (Phi) is 4.07. The minimum absolute atomic E-state index is 0.0773. The number of amides is 1. The molecule has 1 atom stereocenters. The molecule has 1 unspecified atom stereocenters. The van der Waals surface area contributed by atoms with Gasteiger partial charge in [0.05, 0.1) is 16.5 Å². The Morgan fingerprint density at radius 2 is 1.77 bits per heavy atom. The quantitative estimate of drug-likeness (QED) is 0.515. The van der Waals surface area contributed by atoms with E-state index in [0.717, 1.165) is 0 Å². The predicted octanol–water partition coefficient (Wildman–Crippen LogP) is 1.75. The molecule has 0 saturated carbocycles. The smallest absolute Gasteiger partial charge is 0.269 e. The maximum atomic E-state index is 12.4. The summed E-state index contributed by atoms with van der Waals surface area (Å²) in [6.07, 6.45) is 0. The number of aromatic nitrogens is 1. The van der Waals surface area contributed by atoms with E-state index < -0.39 is 16.7 Å². The zero-order valence-corrected chi connectivity index (χ0v) is 12.1.